The van der Waals surface area contributed by atoms with E-state index in [1.54, 1.807) is 38.3 Å². The quantitative estimate of drug-likeness (QED) is 0.557. The number of methoxy groups -OCH3 is 4. The van der Waals surface area contributed by atoms with Gasteiger partial charge in [-0.25, -0.2) is 0 Å². The number of nitrogens with one attached hydrogen (secondary N) is 2. The Labute approximate surface area is 190 Å². The molecule has 172 valence electrons. The molecule has 3 aromatic rings. The van der Waals surface area contributed by atoms with Crippen LogP contribution in [0.1, 0.15) is 18.5 Å². The zero-order chi connectivity index (χ0) is 23.5. The van der Waals surface area contributed by atoms with Crippen LogP contribution in [0.4, 0.5) is 11.6 Å². The number of nitrogens with zero attached hydrogens (tertiary/aromatic N) is 4. The molecule has 11 heteroatoms. The van der Waals surface area contributed by atoms with E-state index in [1.165, 1.54) is 26.0 Å². The molecule has 0 aliphatic carbocycles. The normalized spacial score (nSPS) is 14.8. The van der Waals surface area contributed by atoms with Crippen LogP contribution in [0.3, 0.4) is 0 Å². The van der Waals surface area contributed by atoms with Crippen molar-refractivity contribution < 1.29 is 23.7 Å². The number of carbonyl (C=O) groups excluding carboxylic acids is 1. The number of tetrazole rings is 1. The molecule has 0 saturated carbocycles. The number of anilines is 2. The van der Waals surface area contributed by atoms with Crippen molar-refractivity contribution in [2.45, 2.75) is 13.0 Å². The van der Waals surface area contributed by atoms with E-state index in [-0.39, 0.29) is 5.91 Å². The maximum atomic E-state index is 13.6. The number of fused-ring (bicyclic) bond motifs is 1. The second-order valence-electron chi connectivity index (χ2n) is 7.09. The molecule has 0 spiro atoms. The number of allylic oxidation sites excluding steroid dienone is 1. The minimum atomic E-state index is -0.708. The third-order valence-electron chi connectivity index (χ3n) is 5.34. The number of hydrogen-bond donors (Lipinski definition) is 2. The van der Waals surface area contributed by atoms with Crippen molar-refractivity contribution in [1.82, 2.24) is 20.2 Å². The van der Waals surface area contributed by atoms with Crippen LogP contribution in [0.2, 0.25) is 0 Å². The topological polar surface area (TPSA) is 122 Å². The number of rotatable bonds is 7. The van der Waals surface area contributed by atoms with Gasteiger partial charge in [-0.15, -0.1) is 0 Å². The van der Waals surface area contributed by atoms with Gasteiger partial charge in [0.15, 0.2) is 11.5 Å². The van der Waals surface area contributed by atoms with E-state index >= 15 is 0 Å². The summed E-state index contributed by atoms with van der Waals surface area (Å²) in [6, 6.07) is 10.0. The Morgan fingerprint density at radius 2 is 1.70 bits per heavy atom. The summed E-state index contributed by atoms with van der Waals surface area (Å²) < 4.78 is 23.5. The molecule has 0 saturated heterocycles. The molecule has 1 atom stereocenters. The minimum absolute atomic E-state index is 0.354. The molecule has 1 aliphatic rings. The van der Waals surface area contributed by atoms with Gasteiger partial charge in [-0.05, 0) is 41.6 Å². The van der Waals surface area contributed by atoms with Crippen LogP contribution in [-0.4, -0.2) is 54.6 Å². The van der Waals surface area contributed by atoms with Crippen LogP contribution in [0.25, 0.3) is 0 Å². The monoisotopic (exact) mass is 452 g/mol. The van der Waals surface area contributed by atoms with Crippen molar-refractivity contribution in [2.75, 3.05) is 39.1 Å². The zero-order valence-corrected chi connectivity index (χ0v) is 18.9. The standard InChI is InChI=1S/C22H24N6O5/c1-12-17(21(29)24-14-8-6-7-9-15(14)30-2)18(28-22(23-12)25-26-27-28)13-10-11-16(31-3)20(33-5)19(13)32-4/h6-11,18H,1-5H3,(H,24,29)(H,23,25,27)/t18-/m0/s1. The van der Waals surface area contributed by atoms with Gasteiger partial charge in [0.25, 0.3) is 5.91 Å². The molecule has 0 radical (unpaired) electrons. The summed E-state index contributed by atoms with van der Waals surface area (Å²) in [6.07, 6.45) is 0. The minimum Gasteiger partial charge on any atom is -0.495 e. The summed E-state index contributed by atoms with van der Waals surface area (Å²) >= 11 is 0. The first-order valence-electron chi connectivity index (χ1n) is 10.0. The molecule has 0 bridgehead atoms. The first kappa shape index (κ1) is 21.9. The fourth-order valence-corrected chi connectivity index (χ4v) is 3.87. The van der Waals surface area contributed by atoms with Crippen LogP contribution in [0, 0.1) is 0 Å². The first-order chi connectivity index (χ1) is 16.0. The van der Waals surface area contributed by atoms with Crippen molar-refractivity contribution >= 4 is 17.5 Å². The highest BCUT2D eigenvalue weighted by Crippen LogP contribution is 2.46. The van der Waals surface area contributed by atoms with Gasteiger partial charge in [-0.1, -0.05) is 17.2 Å². The van der Waals surface area contributed by atoms with Crippen LogP contribution in [0.5, 0.6) is 23.0 Å². The molecular weight excluding hydrogens is 428 g/mol. The van der Waals surface area contributed by atoms with Crippen molar-refractivity contribution in [3.63, 3.8) is 0 Å². The van der Waals surface area contributed by atoms with Gasteiger partial charge in [-0.2, -0.15) is 4.68 Å². The average Bonchev–Trinajstić information content (AvgIpc) is 3.30. The number of hydrogen-bond acceptors (Lipinski definition) is 9. The first-order valence-corrected chi connectivity index (χ1v) is 10.0. The van der Waals surface area contributed by atoms with Gasteiger partial charge in [-0.3, -0.25) is 4.79 Å². The summed E-state index contributed by atoms with van der Waals surface area (Å²) in [5.41, 5.74) is 2.14. The van der Waals surface area contributed by atoms with E-state index in [4.69, 9.17) is 18.9 Å². The van der Waals surface area contributed by atoms with E-state index in [0.29, 0.717) is 51.5 Å². The Kier molecular flexibility index (Phi) is 6.03. The van der Waals surface area contributed by atoms with E-state index in [0.717, 1.165) is 0 Å². The lowest BCUT2D eigenvalue weighted by molar-refractivity contribution is -0.113. The summed E-state index contributed by atoms with van der Waals surface area (Å²) in [6.45, 7) is 1.79. The Hall–Kier alpha value is -4.28. The van der Waals surface area contributed by atoms with Crippen LogP contribution >= 0.6 is 0 Å². The molecule has 2 N–H and O–H groups in total. The van der Waals surface area contributed by atoms with Crippen molar-refractivity contribution in [3.05, 3.63) is 53.2 Å². The highest BCUT2D eigenvalue weighted by Gasteiger charge is 2.37. The van der Waals surface area contributed by atoms with E-state index in [9.17, 15) is 4.79 Å². The Bertz CT molecular complexity index is 1220. The lowest BCUT2D eigenvalue weighted by atomic mass is 9.93. The van der Waals surface area contributed by atoms with Gasteiger partial charge in [0.05, 0.1) is 39.7 Å². The third kappa shape index (κ3) is 3.77. The van der Waals surface area contributed by atoms with Gasteiger partial charge in [0.2, 0.25) is 11.7 Å². The van der Waals surface area contributed by atoms with Crippen LogP contribution in [0.15, 0.2) is 47.7 Å². The average molecular weight is 452 g/mol. The highest BCUT2D eigenvalue weighted by atomic mass is 16.5. The molecule has 0 fully saturated rings. The fourth-order valence-electron chi connectivity index (χ4n) is 3.87. The molecule has 2 aromatic carbocycles. The van der Waals surface area contributed by atoms with Gasteiger partial charge in [0.1, 0.15) is 11.8 Å². The Balaban J connectivity index is 1.86. The lowest BCUT2D eigenvalue weighted by Gasteiger charge is -2.29. The third-order valence-corrected chi connectivity index (χ3v) is 5.34. The molecule has 0 unspecified atom stereocenters. The molecule has 1 amide bonds. The number of benzene rings is 2. The lowest BCUT2D eigenvalue weighted by Crippen LogP contribution is -2.32. The van der Waals surface area contributed by atoms with Crippen molar-refractivity contribution in [2.24, 2.45) is 0 Å². The summed E-state index contributed by atoms with van der Waals surface area (Å²) in [7, 11) is 6.12. The SMILES string of the molecule is COc1ccccc1NC(=O)C1=C(C)Nc2nnnn2[C@H]1c1ccc(OC)c(OC)c1OC. The molecular formula is C22H24N6O5. The van der Waals surface area contributed by atoms with Gasteiger partial charge in [0, 0.05) is 11.3 Å². The van der Waals surface area contributed by atoms with Crippen LogP contribution in [-0.2, 0) is 4.79 Å². The molecule has 2 heterocycles. The summed E-state index contributed by atoms with van der Waals surface area (Å²) in [5, 5.41) is 18.0. The molecule has 4 rings (SSSR count). The zero-order valence-electron chi connectivity index (χ0n) is 18.9. The fraction of sp³-hybridized carbons (Fsp3) is 0.273. The predicted octanol–water partition coefficient (Wildman–Crippen LogP) is 2.64. The molecule has 33 heavy (non-hydrogen) atoms. The molecule has 1 aromatic heterocycles. The van der Waals surface area contributed by atoms with Crippen LogP contribution < -0.4 is 29.6 Å². The number of aromatic nitrogens is 4. The smallest absolute Gasteiger partial charge is 0.255 e. The Morgan fingerprint density at radius 3 is 2.39 bits per heavy atom. The van der Waals surface area contributed by atoms with E-state index in [2.05, 4.69) is 26.2 Å². The number of ether oxygens (including phenoxy) is 4. The summed E-state index contributed by atoms with van der Waals surface area (Å²) in [4.78, 5) is 13.6. The number of carbonyl (C=O) groups is 1. The van der Waals surface area contributed by atoms with Crippen molar-refractivity contribution in [3.8, 4) is 23.0 Å². The summed E-state index contributed by atoms with van der Waals surface area (Å²) in [5.74, 6) is 1.87. The molecule has 11 nitrogen and oxygen atoms in total. The maximum Gasteiger partial charge on any atom is 0.255 e. The van der Waals surface area contributed by atoms with E-state index in [1.807, 2.05) is 12.1 Å². The second kappa shape index (κ2) is 9.07. The maximum absolute atomic E-state index is 13.6. The van der Waals surface area contributed by atoms with Gasteiger partial charge < -0.3 is 29.6 Å². The van der Waals surface area contributed by atoms with E-state index < -0.39 is 6.04 Å². The highest BCUT2D eigenvalue weighted by molar-refractivity contribution is 6.06. The second-order valence-corrected chi connectivity index (χ2v) is 7.09. The van der Waals surface area contributed by atoms with Crippen molar-refractivity contribution in [1.29, 1.82) is 0 Å². The number of para-hydroxylation sites is 2. The number of amides is 1. The predicted molar refractivity (Wildman–Crippen MR) is 120 cm³/mol. The largest absolute Gasteiger partial charge is 0.495 e. The Morgan fingerprint density at radius 1 is 0.970 bits per heavy atom. The van der Waals surface area contributed by atoms with Gasteiger partial charge >= 0.3 is 0 Å². The molecule has 1 aliphatic heterocycles.